The number of rotatable bonds is 1. The molecule has 0 bridgehead atoms. The van der Waals surface area contributed by atoms with Crippen LogP contribution in [-0.2, 0) is 9.53 Å². The number of esters is 1. The molecule has 0 radical (unpaired) electrons. The van der Waals surface area contributed by atoms with E-state index in [1.807, 2.05) is 0 Å². The van der Waals surface area contributed by atoms with Crippen LogP contribution in [0, 0.1) is 28.6 Å². The third-order valence-corrected chi connectivity index (χ3v) is 8.33. The van der Waals surface area contributed by atoms with Crippen molar-refractivity contribution in [2.45, 2.75) is 78.2 Å². The van der Waals surface area contributed by atoms with E-state index in [1.54, 1.807) is 6.92 Å². The number of ether oxygens (including phenoxy) is 1. The van der Waals surface area contributed by atoms with Gasteiger partial charge in [-0.05, 0) is 80.6 Å². The highest BCUT2D eigenvalue weighted by atomic mass is 16.5. The van der Waals surface area contributed by atoms with Gasteiger partial charge in [0.2, 0.25) is 0 Å². The van der Waals surface area contributed by atoms with Crippen molar-refractivity contribution in [2.75, 3.05) is 0 Å². The number of hydrogen-bond donors (Lipinski definition) is 1. The van der Waals surface area contributed by atoms with E-state index in [4.69, 9.17) is 9.94 Å². The van der Waals surface area contributed by atoms with Gasteiger partial charge in [0.1, 0.15) is 6.10 Å². The Morgan fingerprint density at radius 3 is 2.68 bits per heavy atom. The van der Waals surface area contributed by atoms with Crippen LogP contribution in [0.4, 0.5) is 0 Å². The Hall–Kier alpha value is -1.32. The Bertz CT molecular complexity index is 639. The Morgan fingerprint density at radius 1 is 1.16 bits per heavy atom. The van der Waals surface area contributed by atoms with Gasteiger partial charge in [0, 0.05) is 12.3 Å². The Kier molecular flexibility index (Phi) is 4.01. The summed E-state index contributed by atoms with van der Waals surface area (Å²) in [5, 5.41) is 12.6. The lowest BCUT2D eigenvalue weighted by Crippen LogP contribution is -2.51. The van der Waals surface area contributed by atoms with Crippen molar-refractivity contribution in [1.29, 1.82) is 0 Å². The number of oxime groups is 1. The smallest absolute Gasteiger partial charge is 0.302 e. The minimum Gasteiger partial charge on any atom is -0.462 e. The summed E-state index contributed by atoms with van der Waals surface area (Å²) in [5.41, 5.74) is 2.78. The Labute approximate surface area is 150 Å². The average molecular weight is 345 g/mol. The maximum Gasteiger partial charge on any atom is 0.302 e. The monoisotopic (exact) mass is 345 g/mol. The molecule has 0 aromatic heterocycles. The molecule has 25 heavy (non-hydrogen) atoms. The molecule has 3 fully saturated rings. The molecule has 0 aromatic rings. The van der Waals surface area contributed by atoms with E-state index in [0.717, 1.165) is 43.2 Å². The predicted octanol–water partition coefficient (Wildman–Crippen LogP) is 4.71. The molecule has 138 valence electrons. The van der Waals surface area contributed by atoms with Gasteiger partial charge in [-0.2, -0.15) is 0 Å². The average Bonchev–Trinajstić information content (AvgIpc) is 2.90. The summed E-state index contributed by atoms with van der Waals surface area (Å²) in [4.78, 5) is 11.5. The van der Waals surface area contributed by atoms with Crippen LogP contribution in [0.5, 0.6) is 0 Å². The quantitative estimate of drug-likeness (QED) is 0.425. The van der Waals surface area contributed by atoms with Crippen LogP contribution < -0.4 is 0 Å². The van der Waals surface area contributed by atoms with Crippen LogP contribution in [0.3, 0.4) is 0 Å². The third kappa shape index (κ3) is 2.47. The summed E-state index contributed by atoms with van der Waals surface area (Å²) >= 11 is 0. The zero-order valence-electron chi connectivity index (χ0n) is 15.8. The first-order valence-electron chi connectivity index (χ1n) is 9.97. The number of carbonyl (C=O) groups excluding carboxylic acids is 1. The summed E-state index contributed by atoms with van der Waals surface area (Å²) in [5.74, 6) is 2.02. The second-order valence-electron chi connectivity index (χ2n) is 9.31. The maximum atomic E-state index is 11.5. The van der Waals surface area contributed by atoms with Crippen LogP contribution in [-0.4, -0.2) is 23.0 Å². The molecule has 6 atom stereocenters. The summed E-state index contributed by atoms with van der Waals surface area (Å²) in [6, 6.07) is 0. The van der Waals surface area contributed by atoms with E-state index >= 15 is 0 Å². The molecule has 4 rings (SSSR count). The van der Waals surface area contributed by atoms with Crippen LogP contribution in [0.15, 0.2) is 16.8 Å². The van der Waals surface area contributed by atoms with Gasteiger partial charge in [-0.25, -0.2) is 0 Å². The van der Waals surface area contributed by atoms with Crippen molar-refractivity contribution < 1.29 is 14.7 Å². The highest BCUT2D eigenvalue weighted by molar-refractivity contribution is 5.96. The standard InChI is InChI=1S/C21H31NO3/c1-13(23)25-19-7-6-17-16-5-4-14-12-15(22-24)8-10-20(14,2)18(16)9-11-21(17,19)3/h12,16-19,24H,4-11H2,1-3H3/b22-15-/t16-,17-,18-,19-,20+,21+/m1/s1. The summed E-state index contributed by atoms with van der Waals surface area (Å²) in [6.45, 7) is 6.37. The first kappa shape index (κ1) is 17.1. The normalized spacial score (nSPS) is 47.5. The van der Waals surface area contributed by atoms with E-state index in [9.17, 15) is 4.79 Å². The summed E-state index contributed by atoms with van der Waals surface area (Å²) in [6.07, 6.45) is 11.3. The Balaban J connectivity index is 1.61. The molecule has 0 aliphatic heterocycles. The van der Waals surface area contributed by atoms with Gasteiger partial charge < -0.3 is 9.94 Å². The molecule has 3 saturated carbocycles. The SMILES string of the molecule is CC(=O)O[C@@H]1CC[C@@H]2[C@H]3CCC4=C/C(=N\O)CC[C@]4(C)[C@@H]3CC[C@@]21C. The maximum absolute atomic E-state index is 11.5. The molecule has 0 saturated heterocycles. The largest absolute Gasteiger partial charge is 0.462 e. The van der Waals surface area contributed by atoms with Crippen LogP contribution in [0.25, 0.3) is 0 Å². The van der Waals surface area contributed by atoms with Crippen molar-refractivity contribution in [1.82, 2.24) is 0 Å². The molecule has 0 unspecified atom stereocenters. The second kappa shape index (κ2) is 5.85. The third-order valence-electron chi connectivity index (χ3n) is 8.33. The minimum atomic E-state index is -0.127. The molecular formula is C21H31NO3. The molecule has 0 aromatic carbocycles. The van der Waals surface area contributed by atoms with Crippen molar-refractivity contribution in [3.8, 4) is 0 Å². The molecule has 1 N–H and O–H groups in total. The second-order valence-corrected chi connectivity index (χ2v) is 9.31. The minimum absolute atomic E-state index is 0.111. The fourth-order valence-corrected chi connectivity index (χ4v) is 7.00. The number of nitrogens with zero attached hydrogens (tertiary/aromatic N) is 1. The number of carbonyl (C=O) groups is 1. The van der Waals surface area contributed by atoms with Gasteiger partial charge in [-0.1, -0.05) is 24.6 Å². The first-order valence-corrected chi connectivity index (χ1v) is 9.97. The van der Waals surface area contributed by atoms with Crippen molar-refractivity contribution in [3.63, 3.8) is 0 Å². The van der Waals surface area contributed by atoms with Gasteiger partial charge >= 0.3 is 5.97 Å². The molecule has 0 amide bonds. The number of allylic oxidation sites excluding steroid dienone is 2. The van der Waals surface area contributed by atoms with Crippen molar-refractivity contribution >= 4 is 11.7 Å². The van der Waals surface area contributed by atoms with Crippen molar-refractivity contribution in [3.05, 3.63) is 11.6 Å². The molecule has 0 heterocycles. The first-order chi connectivity index (χ1) is 11.9. The van der Waals surface area contributed by atoms with E-state index in [2.05, 4.69) is 25.1 Å². The summed E-state index contributed by atoms with van der Waals surface area (Å²) < 4.78 is 5.73. The highest BCUT2D eigenvalue weighted by Crippen LogP contribution is 2.65. The zero-order chi connectivity index (χ0) is 17.8. The number of hydrogen-bond acceptors (Lipinski definition) is 4. The molecule has 4 aliphatic carbocycles. The summed E-state index contributed by atoms with van der Waals surface area (Å²) in [7, 11) is 0. The zero-order valence-corrected chi connectivity index (χ0v) is 15.8. The van der Waals surface area contributed by atoms with E-state index < -0.39 is 0 Å². The molecule has 4 aliphatic rings. The lowest BCUT2D eigenvalue weighted by Gasteiger charge is -2.57. The van der Waals surface area contributed by atoms with Crippen molar-refractivity contribution in [2.24, 2.45) is 33.7 Å². The van der Waals surface area contributed by atoms with Crippen LogP contribution in [0.2, 0.25) is 0 Å². The van der Waals surface area contributed by atoms with Gasteiger partial charge in [0.05, 0.1) is 5.71 Å². The van der Waals surface area contributed by atoms with Crippen LogP contribution >= 0.6 is 0 Å². The highest BCUT2D eigenvalue weighted by Gasteiger charge is 2.59. The van der Waals surface area contributed by atoms with Crippen LogP contribution in [0.1, 0.15) is 72.1 Å². The Morgan fingerprint density at radius 2 is 1.96 bits per heavy atom. The van der Waals surface area contributed by atoms with Gasteiger partial charge in [0.25, 0.3) is 0 Å². The van der Waals surface area contributed by atoms with E-state index in [-0.39, 0.29) is 22.9 Å². The topological polar surface area (TPSA) is 58.9 Å². The molecule has 0 spiro atoms. The fourth-order valence-electron chi connectivity index (χ4n) is 7.00. The van der Waals surface area contributed by atoms with Gasteiger partial charge in [-0.3, -0.25) is 4.79 Å². The lowest BCUT2D eigenvalue weighted by molar-refractivity contribution is -0.157. The fraction of sp³-hybridized carbons (Fsp3) is 0.810. The van der Waals surface area contributed by atoms with Gasteiger partial charge in [-0.15, -0.1) is 0 Å². The predicted molar refractivity (Wildman–Crippen MR) is 96.5 cm³/mol. The molecule has 4 nitrogen and oxygen atoms in total. The van der Waals surface area contributed by atoms with E-state index in [0.29, 0.717) is 5.92 Å². The van der Waals surface area contributed by atoms with Gasteiger partial charge in [0.15, 0.2) is 0 Å². The molecular weight excluding hydrogens is 314 g/mol. The lowest BCUT2D eigenvalue weighted by atomic mass is 9.47. The van der Waals surface area contributed by atoms with E-state index in [1.165, 1.54) is 31.3 Å². The number of fused-ring (bicyclic) bond motifs is 5. The molecule has 4 heteroatoms.